The molecule has 0 saturated carbocycles. The van der Waals surface area contributed by atoms with Crippen LogP contribution in [0.4, 0.5) is 0 Å². The third kappa shape index (κ3) is 5.83. The van der Waals surface area contributed by atoms with E-state index in [0.717, 1.165) is 5.46 Å². The van der Waals surface area contributed by atoms with Crippen molar-refractivity contribution in [3.8, 4) is 11.1 Å². The number of fused-ring (bicyclic) bond motifs is 3. The van der Waals surface area contributed by atoms with Crippen LogP contribution >= 0.6 is 0 Å². The predicted molar refractivity (Wildman–Crippen MR) is 136 cm³/mol. The van der Waals surface area contributed by atoms with Gasteiger partial charge in [0.15, 0.2) is 0 Å². The highest BCUT2D eigenvalue weighted by molar-refractivity contribution is 6.45. The van der Waals surface area contributed by atoms with Crippen LogP contribution in [0.1, 0.15) is 115 Å². The van der Waals surface area contributed by atoms with Crippen molar-refractivity contribution in [2.75, 3.05) is 0 Å². The molecule has 0 atom stereocenters. The minimum Gasteiger partial charge on any atom is -0.450 e. The number of unbranched alkanes of at least 4 members (excludes halogenated alkanes) is 10. The number of hydrogen-bond donors (Lipinski definition) is 1. The summed E-state index contributed by atoms with van der Waals surface area (Å²) in [4.78, 5) is 0. The van der Waals surface area contributed by atoms with Crippen LogP contribution in [0, 0.1) is 0 Å². The highest BCUT2D eigenvalue weighted by Crippen LogP contribution is 2.53. The molecule has 0 bridgehead atoms. The number of benzene rings is 2. The van der Waals surface area contributed by atoms with E-state index in [1.54, 1.807) is 0 Å². The third-order valence-corrected chi connectivity index (χ3v) is 7.36. The van der Waals surface area contributed by atoms with Crippen LogP contribution in [-0.4, -0.2) is 12.5 Å². The highest BCUT2D eigenvalue weighted by Gasteiger charge is 2.42. The summed E-state index contributed by atoms with van der Waals surface area (Å²) >= 11 is 0. The molecule has 1 nitrogen and oxygen atoms in total. The van der Waals surface area contributed by atoms with E-state index in [4.69, 9.17) is 0 Å². The summed E-state index contributed by atoms with van der Waals surface area (Å²) in [7, 11) is 1.27. The summed E-state index contributed by atoms with van der Waals surface area (Å²) < 4.78 is 0. The third-order valence-electron chi connectivity index (χ3n) is 7.36. The molecule has 31 heavy (non-hydrogen) atoms. The Labute approximate surface area is 192 Å². The molecule has 0 aliphatic heterocycles. The molecular weight excluding hydrogens is 375 g/mol. The molecule has 1 aliphatic carbocycles. The fraction of sp³-hybridized carbons (Fsp3) is 0.586. The van der Waals surface area contributed by atoms with Gasteiger partial charge in [-0.1, -0.05) is 139 Å². The summed E-state index contributed by atoms with van der Waals surface area (Å²) in [5.74, 6) is 0. The fourth-order valence-corrected chi connectivity index (χ4v) is 5.63. The van der Waals surface area contributed by atoms with Crippen LogP contribution < -0.4 is 5.46 Å². The van der Waals surface area contributed by atoms with E-state index in [-0.39, 0.29) is 5.41 Å². The van der Waals surface area contributed by atoms with Crippen LogP contribution in [-0.2, 0) is 5.41 Å². The Hall–Kier alpha value is -1.54. The molecule has 1 N–H and O–H groups in total. The maximum atomic E-state index is 9.72. The number of rotatable bonds is 15. The van der Waals surface area contributed by atoms with Crippen molar-refractivity contribution in [1.29, 1.82) is 0 Å². The second-order valence-corrected chi connectivity index (χ2v) is 9.60. The van der Waals surface area contributed by atoms with E-state index < -0.39 is 0 Å². The van der Waals surface area contributed by atoms with E-state index in [2.05, 4.69) is 56.3 Å². The first-order valence-electron chi connectivity index (χ1n) is 13.0. The summed E-state index contributed by atoms with van der Waals surface area (Å²) in [5.41, 5.74) is 6.83. The Morgan fingerprint density at radius 2 is 1.19 bits per heavy atom. The van der Waals surface area contributed by atoms with Gasteiger partial charge in [0.25, 0.3) is 0 Å². The van der Waals surface area contributed by atoms with Gasteiger partial charge in [-0.2, -0.15) is 0 Å². The Morgan fingerprint density at radius 3 is 1.81 bits per heavy atom. The molecule has 0 fully saturated rings. The Kier molecular flexibility index (Phi) is 9.71. The maximum Gasteiger partial charge on any atom is 0.326 e. The van der Waals surface area contributed by atoms with Gasteiger partial charge in [-0.3, -0.25) is 0 Å². The molecule has 0 saturated heterocycles. The van der Waals surface area contributed by atoms with Gasteiger partial charge in [-0.15, -0.1) is 0 Å². The zero-order valence-corrected chi connectivity index (χ0v) is 20.0. The van der Waals surface area contributed by atoms with E-state index in [1.807, 2.05) is 0 Å². The predicted octanol–water partition coefficient (Wildman–Crippen LogP) is 7.69. The first-order valence-corrected chi connectivity index (χ1v) is 13.0. The molecular formula is C29H42BO. The zero-order valence-electron chi connectivity index (χ0n) is 20.0. The van der Waals surface area contributed by atoms with Gasteiger partial charge in [0.2, 0.25) is 0 Å². The van der Waals surface area contributed by atoms with Gasteiger partial charge in [-0.05, 0) is 35.1 Å². The molecule has 2 aromatic carbocycles. The Morgan fingerprint density at radius 1 is 0.645 bits per heavy atom. The summed E-state index contributed by atoms with van der Waals surface area (Å²) in [6.07, 6.45) is 18.5. The molecule has 0 aromatic heterocycles. The molecule has 3 rings (SSSR count). The number of hydrogen-bond acceptors (Lipinski definition) is 1. The Bertz CT molecular complexity index is 781. The highest BCUT2D eigenvalue weighted by atomic mass is 16.2. The molecule has 0 spiro atoms. The SMILES string of the molecule is CCCCCCCCC1(CCCCCCCC)c2ccccc2-c2ccc([B]O)cc21. The minimum atomic E-state index is 0.112. The van der Waals surface area contributed by atoms with Crippen molar-refractivity contribution in [2.45, 2.75) is 109 Å². The summed E-state index contributed by atoms with van der Waals surface area (Å²) in [6.45, 7) is 4.58. The normalized spacial score (nSPS) is 13.8. The quantitative estimate of drug-likeness (QED) is 0.233. The average Bonchev–Trinajstić information content (AvgIpc) is 3.08. The second kappa shape index (κ2) is 12.5. The van der Waals surface area contributed by atoms with E-state index in [0.29, 0.717) is 0 Å². The topological polar surface area (TPSA) is 20.2 Å². The van der Waals surface area contributed by atoms with E-state index in [1.165, 1.54) is 120 Å². The van der Waals surface area contributed by atoms with Gasteiger partial charge in [0.05, 0.1) is 0 Å². The minimum absolute atomic E-state index is 0.112. The van der Waals surface area contributed by atoms with Gasteiger partial charge < -0.3 is 5.02 Å². The standard InChI is InChI=1S/C29H42BO/c1-3-5-7-9-11-15-21-29(22-16-12-10-8-6-4-2)27-18-14-13-17-25(27)26-20-19-24(30-31)23-28(26)29/h13-14,17-20,23,31H,3-12,15-16,21-22H2,1-2H3. The fourth-order valence-electron chi connectivity index (χ4n) is 5.63. The van der Waals surface area contributed by atoms with Crippen molar-refractivity contribution >= 4 is 12.9 Å². The van der Waals surface area contributed by atoms with Crippen molar-refractivity contribution in [2.24, 2.45) is 0 Å². The lowest BCUT2D eigenvalue weighted by Gasteiger charge is -2.33. The molecule has 1 radical (unpaired) electrons. The van der Waals surface area contributed by atoms with Crippen LogP contribution in [0.2, 0.25) is 0 Å². The van der Waals surface area contributed by atoms with Crippen molar-refractivity contribution in [3.05, 3.63) is 53.6 Å². The molecule has 1 aliphatic rings. The molecule has 167 valence electrons. The summed E-state index contributed by atoms with van der Waals surface area (Å²) in [5, 5.41) is 9.72. The zero-order chi connectivity index (χ0) is 21.9. The van der Waals surface area contributed by atoms with Crippen LogP contribution in [0.3, 0.4) is 0 Å². The van der Waals surface area contributed by atoms with Crippen molar-refractivity contribution < 1.29 is 5.02 Å². The van der Waals surface area contributed by atoms with Crippen molar-refractivity contribution in [1.82, 2.24) is 0 Å². The second-order valence-electron chi connectivity index (χ2n) is 9.60. The van der Waals surface area contributed by atoms with Crippen LogP contribution in [0.15, 0.2) is 42.5 Å². The van der Waals surface area contributed by atoms with Gasteiger partial charge in [0, 0.05) is 5.41 Å². The van der Waals surface area contributed by atoms with Crippen LogP contribution in [0.25, 0.3) is 11.1 Å². The molecule has 0 heterocycles. The Balaban J connectivity index is 1.83. The van der Waals surface area contributed by atoms with Crippen molar-refractivity contribution in [3.63, 3.8) is 0 Å². The monoisotopic (exact) mass is 417 g/mol. The maximum absolute atomic E-state index is 9.72. The molecule has 2 heteroatoms. The lowest BCUT2D eigenvalue weighted by Crippen LogP contribution is -2.27. The largest absolute Gasteiger partial charge is 0.450 e. The molecule has 2 aromatic rings. The van der Waals surface area contributed by atoms with Gasteiger partial charge in [0.1, 0.15) is 0 Å². The lowest BCUT2D eigenvalue weighted by molar-refractivity contribution is 0.398. The first kappa shape index (κ1) is 24.1. The lowest BCUT2D eigenvalue weighted by atomic mass is 9.69. The van der Waals surface area contributed by atoms with E-state index >= 15 is 0 Å². The summed E-state index contributed by atoms with van der Waals surface area (Å²) in [6, 6.07) is 15.7. The van der Waals surface area contributed by atoms with E-state index in [9.17, 15) is 5.02 Å². The first-order chi connectivity index (χ1) is 15.3. The van der Waals surface area contributed by atoms with Gasteiger partial charge in [-0.25, -0.2) is 0 Å². The van der Waals surface area contributed by atoms with Crippen LogP contribution in [0.5, 0.6) is 0 Å². The smallest absolute Gasteiger partial charge is 0.326 e. The molecule has 0 amide bonds. The average molecular weight is 417 g/mol. The molecule has 0 unspecified atom stereocenters. The van der Waals surface area contributed by atoms with Gasteiger partial charge >= 0.3 is 7.48 Å².